The molecular formula is C20H28N2O4. The highest BCUT2D eigenvalue weighted by Crippen LogP contribution is 2.23. The molecule has 1 aliphatic heterocycles. The second-order valence-corrected chi connectivity index (χ2v) is 6.37. The second kappa shape index (κ2) is 9.85. The molecule has 0 radical (unpaired) electrons. The Bertz CT molecular complexity index is 627. The molecule has 0 spiro atoms. The van der Waals surface area contributed by atoms with Crippen molar-refractivity contribution in [3.05, 3.63) is 29.8 Å². The number of methoxy groups -OCH3 is 2. The third kappa shape index (κ3) is 5.51. The number of carbonyl (C=O) groups is 2. The lowest BCUT2D eigenvalue weighted by Gasteiger charge is -2.30. The van der Waals surface area contributed by atoms with Gasteiger partial charge in [0, 0.05) is 37.7 Å². The molecular weight excluding hydrogens is 332 g/mol. The first-order valence-electron chi connectivity index (χ1n) is 9.05. The molecule has 0 aromatic heterocycles. The minimum Gasteiger partial charge on any atom is -0.497 e. The monoisotopic (exact) mass is 360 g/mol. The first-order chi connectivity index (χ1) is 12.6. The number of hydrogen-bond donors (Lipinski definition) is 1. The Morgan fingerprint density at radius 2 is 1.77 bits per heavy atom. The van der Waals surface area contributed by atoms with Crippen LogP contribution in [0.15, 0.2) is 24.3 Å². The Morgan fingerprint density at radius 1 is 1.15 bits per heavy atom. The summed E-state index contributed by atoms with van der Waals surface area (Å²) in [6, 6.07) is 5.47. The van der Waals surface area contributed by atoms with Gasteiger partial charge in [0.2, 0.25) is 11.8 Å². The Labute approximate surface area is 155 Å². The summed E-state index contributed by atoms with van der Waals surface area (Å²) in [5, 5.41) is 2.93. The fourth-order valence-corrected chi connectivity index (χ4v) is 2.95. The van der Waals surface area contributed by atoms with E-state index in [2.05, 4.69) is 5.32 Å². The fourth-order valence-electron chi connectivity index (χ4n) is 2.95. The second-order valence-electron chi connectivity index (χ2n) is 6.37. The number of piperidine rings is 1. The molecule has 1 saturated heterocycles. The highest BCUT2D eigenvalue weighted by Gasteiger charge is 2.26. The molecule has 26 heavy (non-hydrogen) atoms. The molecule has 2 rings (SSSR count). The molecule has 1 aromatic rings. The molecule has 6 nitrogen and oxygen atoms in total. The van der Waals surface area contributed by atoms with Gasteiger partial charge >= 0.3 is 0 Å². The average molecular weight is 360 g/mol. The fraction of sp³-hybridized carbons (Fsp3) is 0.500. The predicted molar refractivity (Wildman–Crippen MR) is 101 cm³/mol. The third-order valence-electron chi connectivity index (χ3n) is 4.52. The van der Waals surface area contributed by atoms with Crippen molar-refractivity contribution in [3.8, 4) is 11.5 Å². The number of amides is 2. The van der Waals surface area contributed by atoms with Crippen molar-refractivity contribution in [3.63, 3.8) is 0 Å². The molecule has 0 atom stereocenters. The van der Waals surface area contributed by atoms with Crippen molar-refractivity contribution in [2.24, 2.45) is 5.92 Å². The summed E-state index contributed by atoms with van der Waals surface area (Å²) in [5.74, 6) is 1.43. The highest BCUT2D eigenvalue weighted by atomic mass is 16.5. The lowest BCUT2D eigenvalue weighted by molar-refractivity contribution is -0.132. The normalized spacial score (nSPS) is 15.1. The van der Waals surface area contributed by atoms with Gasteiger partial charge in [-0.3, -0.25) is 9.59 Å². The van der Waals surface area contributed by atoms with Crippen LogP contribution in [-0.4, -0.2) is 50.6 Å². The Balaban J connectivity index is 1.91. The first kappa shape index (κ1) is 19.8. The number of ether oxygens (including phenoxy) is 2. The number of carbonyl (C=O) groups excluding carboxylic acids is 2. The van der Waals surface area contributed by atoms with Crippen LogP contribution in [0.25, 0.3) is 6.08 Å². The summed E-state index contributed by atoms with van der Waals surface area (Å²) in [7, 11) is 3.18. The van der Waals surface area contributed by atoms with Gasteiger partial charge in [0.1, 0.15) is 11.5 Å². The summed E-state index contributed by atoms with van der Waals surface area (Å²) in [5.41, 5.74) is 0.836. The zero-order valence-electron chi connectivity index (χ0n) is 15.8. The Kier molecular flexibility index (Phi) is 7.51. The van der Waals surface area contributed by atoms with Gasteiger partial charge < -0.3 is 19.7 Å². The van der Waals surface area contributed by atoms with Crippen LogP contribution in [0.1, 0.15) is 31.7 Å². The van der Waals surface area contributed by atoms with Crippen LogP contribution < -0.4 is 14.8 Å². The van der Waals surface area contributed by atoms with Crippen molar-refractivity contribution >= 4 is 17.9 Å². The smallest absolute Gasteiger partial charge is 0.246 e. The zero-order valence-corrected chi connectivity index (χ0v) is 15.8. The Hall–Kier alpha value is -2.50. The molecule has 1 aromatic carbocycles. The van der Waals surface area contributed by atoms with Gasteiger partial charge in [0.05, 0.1) is 14.2 Å². The highest BCUT2D eigenvalue weighted by molar-refractivity contribution is 5.92. The van der Waals surface area contributed by atoms with E-state index in [0.29, 0.717) is 44.0 Å². The standard InChI is InChI=1S/C20H28N2O4/c1-4-9-21-20(24)16-7-10-22(11-8-16)19(23)6-5-15-12-17(25-2)14-18(13-15)26-3/h5-6,12-14,16H,4,7-11H2,1-3H3,(H,21,24)/b6-5+. The van der Waals surface area contributed by atoms with E-state index in [-0.39, 0.29) is 17.7 Å². The van der Waals surface area contributed by atoms with Crippen LogP contribution in [0.4, 0.5) is 0 Å². The van der Waals surface area contributed by atoms with E-state index in [0.717, 1.165) is 12.0 Å². The van der Waals surface area contributed by atoms with E-state index in [1.807, 2.05) is 19.1 Å². The molecule has 0 saturated carbocycles. The molecule has 1 heterocycles. The van der Waals surface area contributed by atoms with Gasteiger partial charge in [-0.1, -0.05) is 6.92 Å². The van der Waals surface area contributed by atoms with Crippen LogP contribution in [-0.2, 0) is 9.59 Å². The number of nitrogens with one attached hydrogen (secondary N) is 1. The minimum absolute atomic E-state index is 0.0113. The predicted octanol–water partition coefficient (Wildman–Crippen LogP) is 2.48. The van der Waals surface area contributed by atoms with Crippen molar-refractivity contribution < 1.29 is 19.1 Å². The summed E-state index contributed by atoms with van der Waals surface area (Å²) in [6.07, 6.45) is 5.67. The van der Waals surface area contributed by atoms with E-state index >= 15 is 0 Å². The van der Waals surface area contributed by atoms with Gasteiger partial charge in [-0.15, -0.1) is 0 Å². The lowest BCUT2D eigenvalue weighted by atomic mass is 9.96. The van der Waals surface area contributed by atoms with Crippen molar-refractivity contribution in [1.29, 1.82) is 0 Å². The van der Waals surface area contributed by atoms with Gasteiger partial charge in [-0.05, 0) is 43.0 Å². The largest absolute Gasteiger partial charge is 0.497 e. The number of likely N-dealkylation sites (tertiary alicyclic amines) is 1. The van der Waals surface area contributed by atoms with Gasteiger partial charge in [-0.2, -0.15) is 0 Å². The van der Waals surface area contributed by atoms with Crippen LogP contribution in [0.5, 0.6) is 11.5 Å². The molecule has 0 bridgehead atoms. The Morgan fingerprint density at radius 3 is 2.31 bits per heavy atom. The SMILES string of the molecule is CCCNC(=O)C1CCN(C(=O)/C=C/c2cc(OC)cc(OC)c2)CC1. The first-order valence-corrected chi connectivity index (χ1v) is 9.05. The average Bonchev–Trinajstić information content (AvgIpc) is 2.69. The van der Waals surface area contributed by atoms with E-state index in [4.69, 9.17) is 9.47 Å². The molecule has 142 valence electrons. The maximum Gasteiger partial charge on any atom is 0.246 e. The summed E-state index contributed by atoms with van der Waals surface area (Å²) >= 11 is 0. The lowest BCUT2D eigenvalue weighted by Crippen LogP contribution is -2.42. The summed E-state index contributed by atoms with van der Waals surface area (Å²) in [4.78, 5) is 26.2. The van der Waals surface area contributed by atoms with E-state index in [1.54, 1.807) is 37.3 Å². The maximum atomic E-state index is 12.4. The maximum absolute atomic E-state index is 12.4. The number of benzene rings is 1. The van der Waals surface area contributed by atoms with Gasteiger partial charge in [0.15, 0.2) is 0 Å². The van der Waals surface area contributed by atoms with Crippen molar-refractivity contribution in [2.45, 2.75) is 26.2 Å². The molecule has 1 fully saturated rings. The summed E-state index contributed by atoms with van der Waals surface area (Å²) < 4.78 is 10.5. The van der Waals surface area contributed by atoms with E-state index in [1.165, 1.54) is 0 Å². The third-order valence-corrected chi connectivity index (χ3v) is 4.52. The van der Waals surface area contributed by atoms with Gasteiger partial charge in [-0.25, -0.2) is 0 Å². The number of nitrogens with zero attached hydrogens (tertiary/aromatic N) is 1. The van der Waals surface area contributed by atoms with E-state index in [9.17, 15) is 9.59 Å². The minimum atomic E-state index is -0.0424. The molecule has 1 N–H and O–H groups in total. The van der Waals surface area contributed by atoms with Crippen molar-refractivity contribution in [1.82, 2.24) is 10.2 Å². The zero-order chi connectivity index (χ0) is 18.9. The molecule has 2 amide bonds. The summed E-state index contributed by atoms with van der Waals surface area (Å²) in [6.45, 7) is 3.96. The van der Waals surface area contributed by atoms with Crippen LogP contribution in [0.2, 0.25) is 0 Å². The van der Waals surface area contributed by atoms with E-state index < -0.39 is 0 Å². The molecule has 1 aliphatic rings. The van der Waals surface area contributed by atoms with Crippen LogP contribution in [0, 0.1) is 5.92 Å². The molecule has 0 unspecified atom stereocenters. The molecule has 0 aliphatic carbocycles. The number of hydrogen-bond acceptors (Lipinski definition) is 4. The number of rotatable bonds is 7. The molecule has 6 heteroatoms. The van der Waals surface area contributed by atoms with Crippen LogP contribution in [0.3, 0.4) is 0 Å². The van der Waals surface area contributed by atoms with Gasteiger partial charge in [0.25, 0.3) is 0 Å². The topological polar surface area (TPSA) is 67.9 Å². The van der Waals surface area contributed by atoms with Crippen molar-refractivity contribution in [2.75, 3.05) is 33.9 Å². The quantitative estimate of drug-likeness (QED) is 0.759. The van der Waals surface area contributed by atoms with Crippen LogP contribution >= 0.6 is 0 Å².